The molecule has 144 valence electrons. The van der Waals surface area contributed by atoms with E-state index in [4.69, 9.17) is 4.74 Å². The van der Waals surface area contributed by atoms with E-state index in [1.165, 1.54) is 38.5 Å². The van der Waals surface area contributed by atoms with Gasteiger partial charge in [-0.2, -0.15) is 0 Å². The molecule has 4 atom stereocenters. The Kier molecular flexibility index (Phi) is 5.27. The molecular formula is C19H29N3O4. The van der Waals surface area contributed by atoms with Crippen LogP contribution >= 0.6 is 0 Å². The van der Waals surface area contributed by atoms with Crippen molar-refractivity contribution in [3.8, 4) is 0 Å². The zero-order valence-corrected chi connectivity index (χ0v) is 15.2. The number of nitrogens with one attached hydrogen (secondary N) is 2. The van der Waals surface area contributed by atoms with Crippen molar-refractivity contribution in [2.75, 3.05) is 19.6 Å². The first kappa shape index (κ1) is 17.9. The first-order chi connectivity index (χ1) is 12.6. The highest BCUT2D eigenvalue weighted by molar-refractivity contribution is 6.08. The molecule has 4 unspecified atom stereocenters. The minimum atomic E-state index is -0.356. The molecule has 4 fully saturated rings. The van der Waals surface area contributed by atoms with Gasteiger partial charge in [0.25, 0.3) is 0 Å². The quantitative estimate of drug-likeness (QED) is 0.409. The summed E-state index contributed by atoms with van der Waals surface area (Å²) in [7, 11) is 0. The van der Waals surface area contributed by atoms with Gasteiger partial charge in [0.15, 0.2) is 0 Å². The van der Waals surface area contributed by atoms with Crippen molar-refractivity contribution in [3.63, 3.8) is 0 Å². The van der Waals surface area contributed by atoms with Crippen LogP contribution in [0.2, 0.25) is 0 Å². The lowest BCUT2D eigenvalue weighted by molar-refractivity contribution is -0.145. The SMILES string of the molecule is O=C(CN1C(=O)C2C3CCC(O3)C2C1=O)NCCNC1CCCCCC1. The number of nitrogens with zero attached hydrogens (tertiary/aromatic N) is 1. The van der Waals surface area contributed by atoms with Gasteiger partial charge < -0.3 is 15.4 Å². The molecule has 1 saturated carbocycles. The van der Waals surface area contributed by atoms with Gasteiger partial charge >= 0.3 is 0 Å². The summed E-state index contributed by atoms with van der Waals surface area (Å²) in [6.45, 7) is 1.09. The number of carbonyl (C=O) groups is 3. The summed E-state index contributed by atoms with van der Waals surface area (Å²) in [6, 6.07) is 0.547. The van der Waals surface area contributed by atoms with Crippen LogP contribution in [0.3, 0.4) is 0 Å². The van der Waals surface area contributed by atoms with Gasteiger partial charge in [0.1, 0.15) is 6.54 Å². The number of likely N-dealkylation sites (tertiary alicyclic amines) is 1. The molecule has 2 N–H and O–H groups in total. The maximum atomic E-state index is 12.5. The van der Waals surface area contributed by atoms with Crippen molar-refractivity contribution in [2.24, 2.45) is 11.8 Å². The number of hydrogen-bond donors (Lipinski definition) is 2. The molecule has 4 aliphatic rings. The van der Waals surface area contributed by atoms with Crippen molar-refractivity contribution in [1.82, 2.24) is 15.5 Å². The summed E-state index contributed by atoms with van der Waals surface area (Å²) < 4.78 is 5.70. The second kappa shape index (κ2) is 7.64. The molecular weight excluding hydrogens is 334 g/mol. The van der Waals surface area contributed by atoms with E-state index in [0.29, 0.717) is 12.6 Å². The molecule has 0 aromatic carbocycles. The average Bonchev–Trinajstić information content (AvgIpc) is 3.23. The summed E-state index contributed by atoms with van der Waals surface area (Å²) in [5, 5.41) is 6.33. The lowest BCUT2D eigenvalue weighted by Gasteiger charge is -2.18. The molecule has 0 aromatic heterocycles. The van der Waals surface area contributed by atoms with E-state index in [-0.39, 0.29) is 48.3 Å². The Bertz CT molecular complexity index is 545. The molecule has 4 rings (SSSR count). The van der Waals surface area contributed by atoms with E-state index in [1.54, 1.807) is 0 Å². The van der Waals surface area contributed by atoms with Gasteiger partial charge in [-0.25, -0.2) is 0 Å². The Morgan fingerprint density at radius 3 is 2.15 bits per heavy atom. The highest BCUT2D eigenvalue weighted by Gasteiger charge is 2.62. The Morgan fingerprint density at radius 1 is 0.923 bits per heavy atom. The number of fused-ring (bicyclic) bond motifs is 5. The first-order valence-electron chi connectivity index (χ1n) is 10.2. The molecule has 3 heterocycles. The van der Waals surface area contributed by atoms with E-state index in [2.05, 4.69) is 10.6 Å². The van der Waals surface area contributed by atoms with Crippen LogP contribution in [0.4, 0.5) is 0 Å². The molecule has 26 heavy (non-hydrogen) atoms. The van der Waals surface area contributed by atoms with E-state index >= 15 is 0 Å². The lowest BCUT2D eigenvalue weighted by Crippen LogP contribution is -2.44. The first-order valence-corrected chi connectivity index (χ1v) is 10.2. The fourth-order valence-corrected chi connectivity index (χ4v) is 5.09. The third kappa shape index (κ3) is 3.39. The van der Waals surface area contributed by atoms with E-state index in [9.17, 15) is 14.4 Å². The number of hydrogen-bond acceptors (Lipinski definition) is 5. The monoisotopic (exact) mass is 363 g/mol. The minimum Gasteiger partial charge on any atom is -0.373 e. The van der Waals surface area contributed by atoms with Crippen molar-refractivity contribution in [2.45, 2.75) is 69.6 Å². The third-order valence-electron chi connectivity index (χ3n) is 6.41. The molecule has 0 aromatic rings. The van der Waals surface area contributed by atoms with Crippen LogP contribution in [0, 0.1) is 11.8 Å². The number of carbonyl (C=O) groups excluding carboxylic acids is 3. The van der Waals surface area contributed by atoms with Crippen LogP contribution in [0.5, 0.6) is 0 Å². The van der Waals surface area contributed by atoms with Crippen LogP contribution in [0.15, 0.2) is 0 Å². The number of imide groups is 1. The molecule has 0 spiro atoms. The van der Waals surface area contributed by atoms with Gasteiger partial charge in [-0.15, -0.1) is 0 Å². The Balaban J connectivity index is 1.20. The minimum absolute atomic E-state index is 0.127. The maximum Gasteiger partial charge on any atom is 0.240 e. The highest BCUT2D eigenvalue weighted by Crippen LogP contribution is 2.48. The number of amides is 3. The molecule has 3 aliphatic heterocycles. The Hall–Kier alpha value is -1.47. The summed E-state index contributed by atoms with van der Waals surface area (Å²) >= 11 is 0. The Morgan fingerprint density at radius 2 is 1.54 bits per heavy atom. The summed E-state index contributed by atoms with van der Waals surface area (Å²) in [5.74, 6) is -1.42. The van der Waals surface area contributed by atoms with Gasteiger partial charge in [-0.05, 0) is 25.7 Å². The van der Waals surface area contributed by atoms with E-state index in [1.807, 2.05) is 0 Å². The van der Waals surface area contributed by atoms with Gasteiger partial charge in [-0.3, -0.25) is 19.3 Å². The zero-order valence-electron chi connectivity index (χ0n) is 15.2. The molecule has 7 nitrogen and oxygen atoms in total. The van der Waals surface area contributed by atoms with Crippen LogP contribution in [-0.4, -0.2) is 60.5 Å². The van der Waals surface area contributed by atoms with Gasteiger partial charge in [0.2, 0.25) is 17.7 Å². The fourth-order valence-electron chi connectivity index (χ4n) is 5.09. The van der Waals surface area contributed by atoms with E-state index in [0.717, 1.165) is 24.3 Å². The van der Waals surface area contributed by atoms with Crippen molar-refractivity contribution < 1.29 is 19.1 Å². The largest absolute Gasteiger partial charge is 0.373 e. The van der Waals surface area contributed by atoms with Gasteiger partial charge in [-0.1, -0.05) is 25.7 Å². The van der Waals surface area contributed by atoms with Crippen molar-refractivity contribution >= 4 is 17.7 Å². The molecule has 3 amide bonds. The molecule has 1 aliphatic carbocycles. The number of ether oxygens (including phenoxy) is 1. The molecule has 0 radical (unpaired) electrons. The van der Waals surface area contributed by atoms with Crippen molar-refractivity contribution in [3.05, 3.63) is 0 Å². The standard InChI is InChI=1S/C19H29N3O4/c23-15(21-10-9-20-12-5-3-1-2-4-6-12)11-22-18(24)16-13-7-8-14(26-13)17(16)19(22)25/h12-14,16-17,20H,1-11H2,(H,21,23). The molecule has 3 saturated heterocycles. The van der Waals surface area contributed by atoms with Gasteiger partial charge in [0, 0.05) is 19.1 Å². The average molecular weight is 363 g/mol. The topological polar surface area (TPSA) is 87.7 Å². The van der Waals surface area contributed by atoms with Crippen LogP contribution < -0.4 is 10.6 Å². The number of rotatable bonds is 6. The second-order valence-electron chi connectivity index (χ2n) is 8.10. The van der Waals surface area contributed by atoms with Gasteiger partial charge in [0.05, 0.1) is 24.0 Å². The van der Waals surface area contributed by atoms with Crippen LogP contribution in [0.1, 0.15) is 51.4 Å². The lowest BCUT2D eigenvalue weighted by atomic mass is 9.81. The third-order valence-corrected chi connectivity index (χ3v) is 6.41. The highest BCUT2D eigenvalue weighted by atomic mass is 16.5. The molecule has 7 heteroatoms. The summed E-state index contributed by atoms with van der Waals surface area (Å²) in [5.41, 5.74) is 0. The second-order valence-corrected chi connectivity index (χ2v) is 8.10. The molecule has 2 bridgehead atoms. The normalized spacial score (nSPS) is 34.2. The summed E-state index contributed by atoms with van der Waals surface area (Å²) in [4.78, 5) is 38.4. The van der Waals surface area contributed by atoms with Crippen LogP contribution in [0.25, 0.3) is 0 Å². The maximum absolute atomic E-state index is 12.5. The predicted molar refractivity (Wildman–Crippen MR) is 94.1 cm³/mol. The van der Waals surface area contributed by atoms with Crippen molar-refractivity contribution in [1.29, 1.82) is 0 Å². The smallest absolute Gasteiger partial charge is 0.240 e. The zero-order chi connectivity index (χ0) is 18.1. The Labute approximate surface area is 154 Å². The summed E-state index contributed by atoms with van der Waals surface area (Å²) in [6.07, 6.45) is 9.04. The predicted octanol–water partition coefficient (Wildman–Crippen LogP) is 0.577. The van der Waals surface area contributed by atoms with Crippen LogP contribution in [-0.2, 0) is 19.1 Å². The fraction of sp³-hybridized carbons (Fsp3) is 0.842. The van der Waals surface area contributed by atoms with E-state index < -0.39 is 0 Å².